The second-order valence-corrected chi connectivity index (χ2v) is 6.70. The predicted octanol–water partition coefficient (Wildman–Crippen LogP) is 4.96. The lowest BCUT2D eigenvalue weighted by Gasteiger charge is -2.00. The first kappa shape index (κ1) is 17.4. The Kier molecular flexibility index (Phi) is 5.65. The maximum Gasteiger partial charge on any atom is 0.271 e. The summed E-state index contributed by atoms with van der Waals surface area (Å²) in [7, 11) is 0. The third-order valence-corrected chi connectivity index (χ3v) is 4.65. The van der Waals surface area contributed by atoms with Crippen LogP contribution in [0, 0.1) is 0 Å². The average Bonchev–Trinajstić information content (AvgIpc) is 2.95. The first-order valence-electron chi connectivity index (χ1n) is 7.19. The maximum absolute atomic E-state index is 12.0. The van der Waals surface area contributed by atoms with E-state index in [-0.39, 0.29) is 5.91 Å². The van der Waals surface area contributed by atoms with Gasteiger partial charge < -0.3 is 5.32 Å². The smallest absolute Gasteiger partial charge is 0.271 e. The van der Waals surface area contributed by atoms with Gasteiger partial charge in [-0.15, -0.1) is 0 Å². The maximum atomic E-state index is 12.0. The summed E-state index contributed by atoms with van der Waals surface area (Å²) in [6, 6.07) is 16.2. The third-order valence-electron chi connectivity index (χ3n) is 3.09. The molecule has 25 heavy (non-hydrogen) atoms. The molecule has 0 bridgehead atoms. The summed E-state index contributed by atoms with van der Waals surface area (Å²) < 4.78 is 0. The number of hydrazone groups is 1. The van der Waals surface area contributed by atoms with Crippen LogP contribution in [0.4, 0.5) is 10.8 Å². The van der Waals surface area contributed by atoms with Crippen molar-refractivity contribution in [2.24, 2.45) is 5.10 Å². The Hall–Kier alpha value is -2.41. The summed E-state index contributed by atoms with van der Waals surface area (Å²) in [6.45, 7) is 0. The Balaban J connectivity index is 1.63. The first-order chi connectivity index (χ1) is 12.1. The number of thiazole rings is 1. The molecule has 0 aliphatic rings. The lowest BCUT2D eigenvalue weighted by Crippen LogP contribution is -2.17. The van der Waals surface area contributed by atoms with Gasteiger partial charge in [-0.05, 0) is 36.4 Å². The van der Waals surface area contributed by atoms with Crippen LogP contribution in [0.3, 0.4) is 0 Å². The minimum Gasteiger partial charge on any atom is -0.331 e. The molecule has 0 radical (unpaired) electrons. The van der Waals surface area contributed by atoms with Crippen LogP contribution < -0.4 is 10.7 Å². The van der Waals surface area contributed by atoms with Crippen LogP contribution in [0.25, 0.3) is 0 Å². The van der Waals surface area contributed by atoms with E-state index in [1.165, 1.54) is 17.6 Å². The van der Waals surface area contributed by atoms with Crippen molar-refractivity contribution in [1.82, 2.24) is 10.4 Å². The molecule has 126 valence electrons. The highest BCUT2D eigenvalue weighted by molar-refractivity contribution is 7.17. The molecule has 0 atom stereocenters. The fourth-order valence-electron chi connectivity index (χ4n) is 1.91. The highest BCUT2D eigenvalue weighted by Gasteiger charge is 2.08. The average molecular weight is 391 g/mol. The third kappa shape index (κ3) is 4.79. The van der Waals surface area contributed by atoms with Crippen LogP contribution in [0.1, 0.15) is 15.2 Å². The van der Waals surface area contributed by atoms with Crippen molar-refractivity contribution in [2.45, 2.75) is 0 Å². The summed E-state index contributed by atoms with van der Waals surface area (Å²) in [5.41, 5.74) is 3.81. The number of nitrogens with zero attached hydrogens (tertiary/aromatic N) is 2. The van der Waals surface area contributed by atoms with Crippen molar-refractivity contribution < 1.29 is 4.79 Å². The number of halogens is 2. The number of rotatable bonds is 5. The predicted molar refractivity (Wildman–Crippen MR) is 103 cm³/mol. The molecule has 0 unspecified atom stereocenters. The number of hydrogen-bond acceptors (Lipinski definition) is 5. The van der Waals surface area contributed by atoms with Gasteiger partial charge in [0.1, 0.15) is 0 Å². The van der Waals surface area contributed by atoms with E-state index in [9.17, 15) is 4.79 Å². The molecule has 1 amide bonds. The van der Waals surface area contributed by atoms with Gasteiger partial charge in [0.25, 0.3) is 5.91 Å². The molecule has 0 aliphatic carbocycles. The Morgan fingerprint density at radius 2 is 1.80 bits per heavy atom. The van der Waals surface area contributed by atoms with E-state index in [1.54, 1.807) is 24.3 Å². The number of carbonyl (C=O) groups is 1. The molecule has 3 rings (SSSR count). The van der Waals surface area contributed by atoms with Gasteiger partial charge in [-0.25, -0.2) is 10.4 Å². The molecule has 5 nitrogen and oxygen atoms in total. The quantitative estimate of drug-likeness (QED) is 0.477. The largest absolute Gasteiger partial charge is 0.331 e. The molecule has 1 aromatic heterocycles. The van der Waals surface area contributed by atoms with Crippen LogP contribution in [-0.4, -0.2) is 17.1 Å². The Morgan fingerprint density at radius 1 is 1.08 bits per heavy atom. The van der Waals surface area contributed by atoms with Crippen LogP contribution in [0.15, 0.2) is 59.7 Å². The number of amides is 1. The minimum absolute atomic E-state index is 0.313. The van der Waals surface area contributed by atoms with E-state index < -0.39 is 0 Å². The fraction of sp³-hybridized carbons (Fsp3) is 0. The Labute approximate surface area is 158 Å². The zero-order valence-corrected chi connectivity index (χ0v) is 15.1. The summed E-state index contributed by atoms with van der Waals surface area (Å²) in [5.74, 6) is -0.337. The number of benzene rings is 2. The summed E-state index contributed by atoms with van der Waals surface area (Å²) in [4.78, 5) is 16.8. The van der Waals surface area contributed by atoms with Crippen LogP contribution in [0.5, 0.6) is 0 Å². The number of para-hydroxylation sites is 1. The number of hydrogen-bond donors (Lipinski definition) is 2. The first-order valence-corrected chi connectivity index (χ1v) is 8.76. The second kappa shape index (κ2) is 8.11. The Morgan fingerprint density at radius 3 is 2.52 bits per heavy atom. The molecule has 0 fully saturated rings. The molecule has 3 aromatic rings. The highest BCUT2D eigenvalue weighted by Crippen LogP contribution is 2.27. The number of nitrogens with one attached hydrogen (secondary N) is 2. The van der Waals surface area contributed by atoms with Crippen molar-refractivity contribution in [3.8, 4) is 0 Å². The van der Waals surface area contributed by atoms with Gasteiger partial charge in [-0.1, -0.05) is 52.7 Å². The molecule has 2 aromatic carbocycles. The van der Waals surface area contributed by atoms with E-state index in [0.717, 1.165) is 5.69 Å². The molecular weight excluding hydrogens is 379 g/mol. The zero-order valence-electron chi connectivity index (χ0n) is 12.7. The second-order valence-electron chi connectivity index (χ2n) is 4.87. The molecule has 2 N–H and O–H groups in total. The molecule has 0 saturated carbocycles. The summed E-state index contributed by atoms with van der Waals surface area (Å²) in [6.07, 6.45) is 1.46. The van der Waals surface area contributed by atoms with E-state index in [0.29, 0.717) is 25.7 Å². The van der Waals surface area contributed by atoms with Gasteiger partial charge in [0.2, 0.25) is 0 Å². The normalized spacial score (nSPS) is 10.8. The zero-order chi connectivity index (χ0) is 17.6. The highest BCUT2D eigenvalue weighted by atomic mass is 35.5. The van der Waals surface area contributed by atoms with Gasteiger partial charge in [-0.3, -0.25) is 4.79 Å². The van der Waals surface area contributed by atoms with Crippen LogP contribution >= 0.6 is 34.5 Å². The monoisotopic (exact) mass is 390 g/mol. The molecular formula is C17H12Cl2N4OS. The van der Waals surface area contributed by atoms with Crippen molar-refractivity contribution in [1.29, 1.82) is 0 Å². The van der Waals surface area contributed by atoms with Crippen molar-refractivity contribution in [2.75, 3.05) is 5.32 Å². The lowest BCUT2D eigenvalue weighted by atomic mass is 10.2. The van der Waals surface area contributed by atoms with E-state index >= 15 is 0 Å². The van der Waals surface area contributed by atoms with Gasteiger partial charge in [0.15, 0.2) is 10.3 Å². The number of carbonyl (C=O) groups excluding carboxylic acids is 1. The molecule has 0 aliphatic heterocycles. The lowest BCUT2D eigenvalue weighted by molar-refractivity contribution is 0.0955. The topological polar surface area (TPSA) is 66.4 Å². The SMILES string of the molecule is O=C(N/N=C/c1sc(Nc2ccccc2)nc1Cl)c1ccc(Cl)cc1. The molecule has 8 heteroatoms. The van der Waals surface area contributed by atoms with E-state index in [4.69, 9.17) is 23.2 Å². The van der Waals surface area contributed by atoms with Crippen LogP contribution in [0.2, 0.25) is 10.2 Å². The van der Waals surface area contributed by atoms with Gasteiger partial charge in [0.05, 0.1) is 11.1 Å². The summed E-state index contributed by atoms with van der Waals surface area (Å²) in [5, 5.41) is 8.60. The van der Waals surface area contributed by atoms with Crippen LogP contribution in [-0.2, 0) is 0 Å². The fourth-order valence-corrected chi connectivity index (χ4v) is 3.08. The number of anilines is 2. The molecule has 1 heterocycles. The van der Waals surface area contributed by atoms with Gasteiger partial charge in [0, 0.05) is 16.3 Å². The Bertz CT molecular complexity index is 895. The van der Waals surface area contributed by atoms with Gasteiger partial charge in [-0.2, -0.15) is 5.10 Å². The standard InChI is InChI=1S/C17H12Cl2N4OS/c18-12-8-6-11(7-9-12)16(24)23-20-10-14-15(19)22-17(25-14)21-13-4-2-1-3-5-13/h1-10H,(H,21,22)(H,23,24)/b20-10+. The summed E-state index contributed by atoms with van der Waals surface area (Å²) >= 11 is 13.2. The molecule has 0 saturated heterocycles. The van der Waals surface area contributed by atoms with Crippen molar-refractivity contribution in [3.63, 3.8) is 0 Å². The minimum atomic E-state index is -0.337. The van der Waals surface area contributed by atoms with Gasteiger partial charge >= 0.3 is 0 Å². The van der Waals surface area contributed by atoms with Crippen molar-refractivity contribution >= 4 is 57.5 Å². The number of aromatic nitrogens is 1. The van der Waals surface area contributed by atoms with Crippen molar-refractivity contribution in [3.05, 3.63) is 75.2 Å². The molecule has 0 spiro atoms. The van der Waals surface area contributed by atoms with E-state index in [1.807, 2.05) is 30.3 Å². The van der Waals surface area contributed by atoms with E-state index in [2.05, 4.69) is 20.8 Å².